The first-order valence-corrected chi connectivity index (χ1v) is 7.95. The van der Waals surface area contributed by atoms with Crippen molar-refractivity contribution in [1.82, 2.24) is 14.9 Å². The Hall–Kier alpha value is -1.33. The Labute approximate surface area is 123 Å². The third kappa shape index (κ3) is 2.88. The van der Waals surface area contributed by atoms with E-state index >= 15 is 0 Å². The van der Waals surface area contributed by atoms with Crippen LogP contribution in [0.1, 0.15) is 19.7 Å². The second-order valence-electron chi connectivity index (χ2n) is 5.49. The van der Waals surface area contributed by atoms with E-state index < -0.39 is 0 Å². The maximum Gasteiger partial charge on any atom is 0.145 e. The number of para-hydroxylation sites is 1. The molecule has 2 N–H and O–H groups in total. The van der Waals surface area contributed by atoms with E-state index in [1.54, 1.807) is 0 Å². The van der Waals surface area contributed by atoms with E-state index in [1.165, 1.54) is 0 Å². The second-order valence-corrected chi connectivity index (χ2v) is 7.38. The van der Waals surface area contributed by atoms with E-state index in [-0.39, 0.29) is 0 Å². The Morgan fingerprint density at radius 2 is 1.90 bits per heavy atom. The summed E-state index contributed by atoms with van der Waals surface area (Å²) in [5, 5.41) is 2.26. The van der Waals surface area contributed by atoms with Crippen LogP contribution in [-0.2, 0) is 6.54 Å². The van der Waals surface area contributed by atoms with Crippen molar-refractivity contribution in [3.05, 3.63) is 30.1 Å². The summed E-state index contributed by atoms with van der Waals surface area (Å²) in [6.07, 6.45) is 0. The van der Waals surface area contributed by atoms with Gasteiger partial charge in [0.25, 0.3) is 0 Å². The van der Waals surface area contributed by atoms with Gasteiger partial charge in [-0.25, -0.2) is 9.97 Å². The van der Waals surface area contributed by atoms with E-state index in [9.17, 15) is 0 Å². The number of anilines is 1. The van der Waals surface area contributed by atoms with Crippen molar-refractivity contribution in [2.75, 3.05) is 18.8 Å². The molecule has 2 atom stereocenters. The Kier molecular flexibility index (Phi) is 3.81. The molecule has 3 rings (SSSR count). The average molecular weight is 288 g/mol. The number of thioether (sulfide) groups is 1. The van der Waals surface area contributed by atoms with Crippen LogP contribution in [0, 0.1) is 0 Å². The first-order valence-electron chi connectivity index (χ1n) is 7.01. The Morgan fingerprint density at radius 1 is 1.20 bits per heavy atom. The van der Waals surface area contributed by atoms with Gasteiger partial charge >= 0.3 is 0 Å². The molecule has 2 heterocycles. The van der Waals surface area contributed by atoms with Crippen molar-refractivity contribution in [2.45, 2.75) is 30.9 Å². The number of hydrogen-bond donors (Lipinski definition) is 1. The highest BCUT2D eigenvalue weighted by molar-refractivity contribution is 8.00. The maximum absolute atomic E-state index is 6.04. The lowest BCUT2D eigenvalue weighted by Gasteiger charge is -2.34. The molecule has 1 aliphatic rings. The van der Waals surface area contributed by atoms with Crippen molar-refractivity contribution in [3.8, 4) is 0 Å². The predicted molar refractivity (Wildman–Crippen MR) is 85.7 cm³/mol. The quantitative estimate of drug-likeness (QED) is 0.920. The zero-order chi connectivity index (χ0) is 14.1. The fraction of sp³-hybridized carbons (Fsp3) is 0.467. The van der Waals surface area contributed by atoms with Crippen LogP contribution in [0.5, 0.6) is 0 Å². The van der Waals surface area contributed by atoms with E-state index in [0.717, 1.165) is 36.4 Å². The van der Waals surface area contributed by atoms with E-state index in [4.69, 9.17) is 5.73 Å². The highest BCUT2D eigenvalue weighted by atomic mass is 32.2. The van der Waals surface area contributed by atoms with Gasteiger partial charge in [0.15, 0.2) is 0 Å². The number of hydrogen-bond acceptors (Lipinski definition) is 5. The first-order chi connectivity index (χ1) is 9.61. The minimum atomic E-state index is 0.582. The molecule has 0 unspecified atom stereocenters. The SMILES string of the molecule is C[C@@H]1CN(Cc2nc(N)c3ccccc3n2)C[C@@H](C)S1. The van der Waals surface area contributed by atoms with E-state index in [2.05, 4.69) is 40.5 Å². The lowest BCUT2D eigenvalue weighted by atomic mass is 10.2. The van der Waals surface area contributed by atoms with Crippen molar-refractivity contribution in [2.24, 2.45) is 0 Å². The summed E-state index contributed by atoms with van der Waals surface area (Å²) in [6, 6.07) is 7.91. The Morgan fingerprint density at radius 3 is 2.65 bits per heavy atom. The van der Waals surface area contributed by atoms with Crippen molar-refractivity contribution >= 4 is 28.5 Å². The van der Waals surface area contributed by atoms with Crippen LogP contribution in [0.15, 0.2) is 24.3 Å². The topological polar surface area (TPSA) is 55.0 Å². The van der Waals surface area contributed by atoms with Crippen molar-refractivity contribution in [1.29, 1.82) is 0 Å². The molecule has 0 aliphatic carbocycles. The molecular weight excluding hydrogens is 268 g/mol. The molecule has 0 bridgehead atoms. The zero-order valence-electron chi connectivity index (χ0n) is 11.9. The smallest absolute Gasteiger partial charge is 0.145 e. The van der Waals surface area contributed by atoms with Gasteiger partial charge in [0.1, 0.15) is 11.6 Å². The minimum absolute atomic E-state index is 0.582. The highest BCUT2D eigenvalue weighted by Crippen LogP contribution is 2.26. The third-order valence-corrected chi connectivity index (χ3v) is 4.77. The van der Waals surface area contributed by atoms with Gasteiger partial charge in [-0.2, -0.15) is 11.8 Å². The first kappa shape index (κ1) is 13.6. The monoisotopic (exact) mass is 288 g/mol. The number of nitrogens with two attached hydrogens (primary N) is 1. The van der Waals surface area contributed by atoms with Crippen LogP contribution in [0.4, 0.5) is 5.82 Å². The number of rotatable bonds is 2. The lowest BCUT2D eigenvalue weighted by Crippen LogP contribution is -2.40. The minimum Gasteiger partial charge on any atom is -0.383 e. The zero-order valence-corrected chi connectivity index (χ0v) is 12.7. The normalized spacial score (nSPS) is 24.1. The van der Waals surface area contributed by atoms with Gasteiger partial charge in [0.2, 0.25) is 0 Å². The number of aromatic nitrogens is 2. The fourth-order valence-corrected chi connectivity index (χ4v) is 4.22. The molecule has 1 aromatic carbocycles. The van der Waals surface area contributed by atoms with Gasteiger partial charge in [0, 0.05) is 29.0 Å². The molecule has 1 aromatic heterocycles. The summed E-state index contributed by atoms with van der Waals surface area (Å²) in [5.74, 6) is 1.41. The van der Waals surface area contributed by atoms with Crippen LogP contribution in [-0.4, -0.2) is 38.5 Å². The molecule has 0 amide bonds. The number of nitrogen functional groups attached to an aromatic ring is 1. The fourth-order valence-electron chi connectivity index (χ4n) is 2.84. The average Bonchev–Trinajstić information content (AvgIpc) is 2.37. The summed E-state index contributed by atoms with van der Waals surface area (Å²) >= 11 is 2.05. The molecule has 1 fully saturated rings. The molecule has 20 heavy (non-hydrogen) atoms. The standard InChI is InChI=1S/C15H20N4S/c1-10-7-19(8-11(2)20-10)9-14-17-13-6-4-3-5-12(13)15(16)18-14/h3-6,10-11H,7-9H2,1-2H3,(H2,16,17,18)/t10-,11-/m1/s1. The molecule has 4 nitrogen and oxygen atoms in total. The van der Waals surface area contributed by atoms with Gasteiger partial charge in [-0.05, 0) is 12.1 Å². The van der Waals surface area contributed by atoms with Gasteiger partial charge in [0.05, 0.1) is 12.1 Å². The van der Waals surface area contributed by atoms with Gasteiger partial charge < -0.3 is 5.73 Å². The Bertz CT molecular complexity index is 606. The molecule has 2 aromatic rings. The Balaban J connectivity index is 1.84. The van der Waals surface area contributed by atoms with Crippen LogP contribution < -0.4 is 5.73 Å². The number of benzene rings is 1. The summed E-state index contributed by atoms with van der Waals surface area (Å²) in [5.41, 5.74) is 6.98. The molecule has 1 saturated heterocycles. The molecule has 0 saturated carbocycles. The van der Waals surface area contributed by atoms with Crippen LogP contribution in [0.3, 0.4) is 0 Å². The molecule has 106 valence electrons. The van der Waals surface area contributed by atoms with Gasteiger partial charge in [-0.3, -0.25) is 4.90 Å². The van der Waals surface area contributed by atoms with Crippen LogP contribution >= 0.6 is 11.8 Å². The van der Waals surface area contributed by atoms with E-state index in [1.807, 2.05) is 24.3 Å². The summed E-state index contributed by atoms with van der Waals surface area (Å²) in [6.45, 7) is 7.52. The molecular formula is C15H20N4S. The second kappa shape index (κ2) is 5.58. The molecule has 0 radical (unpaired) electrons. The van der Waals surface area contributed by atoms with Gasteiger partial charge in [-0.15, -0.1) is 0 Å². The van der Waals surface area contributed by atoms with Crippen molar-refractivity contribution in [3.63, 3.8) is 0 Å². The summed E-state index contributed by atoms with van der Waals surface area (Å²) in [7, 11) is 0. The predicted octanol–water partition coefficient (Wildman–Crippen LogP) is 2.54. The largest absolute Gasteiger partial charge is 0.383 e. The van der Waals surface area contributed by atoms with Gasteiger partial charge in [-0.1, -0.05) is 26.0 Å². The third-order valence-electron chi connectivity index (χ3n) is 3.54. The summed E-state index contributed by atoms with van der Waals surface area (Å²) < 4.78 is 0. The highest BCUT2D eigenvalue weighted by Gasteiger charge is 2.23. The van der Waals surface area contributed by atoms with E-state index in [0.29, 0.717) is 16.3 Å². The van der Waals surface area contributed by atoms with Crippen LogP contribution in [0.2, 0.25) is 0 Å². The summed E-state index contributed by atoms with van der Waals surface area (Å²) in [4.78, 5) is 11.5. The molecule has 1 aliphatic heterocycles. The lowest BCUT2D eigenvalue weighted by molar-refractivity contribution is 0.257. The van der Waals surface area contributed by atoms with Crippen molar-refractivity contribution < 1.29 is 0 Å². The maximum atomic E-state index is 6.04. The number of fused-ring (bicyclic) bond motifs is 1. The molecule has 5 heteroatoms. The number of nitrogens with zero attached hydrogens (tertiary/aromatic N) is 3. The molecule has 0 spiro atoms. The van der Waals surface area contributed by atoms with Crippen LogP contribution in [0.25, 0.3) is 10.9 Å².